The van der Waals surface area contributed by atoms with E-state index in [9.17, 15) is 22.8 Å². The number of fused-ring (bicyclic) bond motifs is 1. The summed E-state index contributed by atoms with van der Waals surface area (Å²) in [5.41, 5.74) is 0.738. The van der Waals surface area contributed by atoms with Crippen molar-refractivity contribution in [1.82, 2.24) is 14.5 Å². The molecule has 0 fully saturated rings. The molecule has 0 radical (unpaired) electrons. The summed E-state index contributed by atoms with van der Waals surface area (Å²) in [6.07, 6.45) is 0.455. The SMILES string of the molecule is CC[C@H](C)NC(=O)[C@H](C)N(Cc1ccccc1Cl)C(=O)CCN1C(=O)c2ccccc2S1(=O)=O. The number of benzene rings is 2. The molecule has 34 heavy (non-hydrogen) atoms. The van der Waals surface area contributed by atoms with Gasteiger partial charge in [-0.3, -0.25) is 14.4 Å². The highest BCUT2D eigenvalue weighted by Gasteiger charge is 2.41. The zero-order valence-electron chi connectivity index (χ0n) is 19.3. The first kappa shape index (κ1) is 25.7. The average molecular weight is 506 g/mol. The number of sulfonamides is 1. The van der Waals surface area contributed by atoms with Gasteiger partial charge in [-0.05, 0) is 44.0 Å². The highest BCUT2D eigenvalue weighted by Crippen LogP contribution is 2.30. The molecule has 182 valence electrons. The van der Waals surface area contributed by atoms with Crippen molar-refractivity contribution in [2.24, 2.45) is 0 Å². The molecule has 0 saturated carbocycles. The van der Waals surface area contributed by atoms with Gasteiger partial charge in [-0.2, -0.15) is 0 Å². The van der Waals surface area contributed by atoms with Crippen molar-refractivity contribution in [2.45, 2.75) is 57.1 Å². The van der Waals surface area contributed by atoms with Crippen LogP contribution in [0.25, 0.3) is 0 Å². The molecule has 3 amide bonds. The minimum atomic E-state index is -4.03. The predicted molar refractivity (Wildman–Crippen MR) is 129 cm³/mol. The van der Waals surface area contributed by atoms with Gasteiger partial charge in [0.05, 0.1) is 5.56 Å². The molecule has 2 aromatic carbocycles. The van der Waals surface area contributed by atoms with Gasteiger partial charge in [0.1, 0.15) is 10.9 Å². The molecule has 2 aromatic rings. The zero-order valence-corrected chi connectivity index (χ0v) is 20.9. The third-order valence-corrected chi connectivity index (χ3v) is 8.12. The lowest BCUT2D eigenvalue weighted by Crippen LogP contribution is -2.50. The minimum absolute atomic E-state index is 0.0640. The van der Waals surface area contributed by atoms with Crippen LogP contribution in [0.2, 0.25) is 5.02 Å². The summed E-state index contributed by atoms with van der Waals surface area (Å²) in [5.74, 6) is -1.46. The number of hydrogen-bond donors (Lipinski definition) is 1. The number of hydrogen-bond acceptors (Lipinski definition) is 5. The molecule has 1 aliphatic rings. The van der Waals surface area contributed by atoms with Gasteiger partial charge in [-0.15, -0.1) is 0 Å². The molecular weight excluding hydrogens is 478 g/mol. The molecule has 1 aliphatic heterocycles. The smallest absolute Gasteiger partial charge is 0.269 e. The van der Waals surface area contributed by atoms with Gasteiger partial charge in [0, 0.05) is 30.6 Å². The van der Waals surface area contributed by atoms with Crippen LogP contribution in [0.3, 0.4) is 0 Å². The Balaban J connectivity index is 1.80. The lowest BCUT2D eigenvalue weighted by molar-refractivity contribution is -0.140. The highest BCUT2D eigenvalue weighted by molar-refractivity contribution is 7.90. The quantitative estimate of drug-likeness (QED) is 0.563. The first-order valence-corrected chi connectivity index (χ1v) is 12.9. The van der Waals surface area contributed by atoms with E-state index >= 15 is 0 Å². The molecule has 0 unspecified atom stereocenters. The standard InChI is InChI=1S/C24H28ClN3O5S/c1-4-16(2)26-23(30)17(3)27(15-18-9-5-7-11-20(18)25)22(29)13-14-28-24(31)19-10-6-8-12-21(19)34(28,32)33/h5-12,16-17H,4,13-15H2,1-3H3,(H,26,30)/t16-,17-/m0/s1. The fraction of sp³-hybridized carbons (Fsp3) is 0.375. The van der Waals surface area contributed by atoms with Crippen LogP contribution in [0, 0.1) is 0 Å². The maximum absolute atomic E-state index is 13.3. The normalized spacial score (nSPS) is 16.0. The van der Waals surface area contributed by atoms with Gasteiger partial charge in [0.25, 0.3) is 15.9 Å². The van der Waals surface area contributed by atoms with Crippen LogP contribution < -0.4 is 5.32 Å². The Morgan fingerprint density at radius 2 is 1.74 bits per heavy atom. The van der Waals surface area contributed by atoms with Crippen molar-refractivity contribution in [3.05, 3.63) is 64.7 Å². The zero-order chi connectivity index (χ0) is 25.0. The summed E-state index contributed by atoms with van der Waals surface area (Å²) in [7, 11) is -4.03. The first-order chi connectivity index (χ1) is 16.1. The highest BCUT2D eigenvalue weighted by atomic mass is 35.5. The molecule has 8 nitrogen and oxygen atoms in total. The fourth-order valence-corrected chi connectivity index (χ4v) is 5.42. The fourth-order valence-electron chi connectivity index (χ4n) is 3.65. The van der Waals surface area contributed by atoms with Crippen molar-refractivity contribution < 1.29 is 22.8 Å². The molecule has 1 heterocycles. The molecule has 10 heteroatoms. The van der Waals surface area contributed by atoms with E-state index in [0.29, 0.717) is 14.9 Å². The van der Waals surface area contributed by atoms with E-state index in [0.717, 1.165) is 6.42 Å². The summed E-state index contributed by atoms with van der Waals surface area (Å²) in [5, 5.41) is 3.31. The Morgan fingerprint density at radius 3 is 2.38 bits per heavy atom. The van der Waals surface area contributed by atoms with Crippen LogP contribution in [-0.4, -0.2) is 54.0 Å². The van der Waals surface area contributed by atoms with E-state index in [1.165, 1.54) is 17.0 Å². The van der Waals surface area contributed by atoms with Crippen LogP contribution in [0.15, 0.2) is 53.4 Å². The summed E-state index contributed by atoms with van der Waals surface area (Å²) < 4.78 is 26.3. The van der Waals surface area contributed by atoms with Crippen molar-refractivity contribution in [1.29, 1.82) is 0 Å². The molecule has 1 N–H and O–H groups in total. The van der Waals surface area contributed by atoms with Gasteiger partial charge in [0.15, 0.2) is 0 Å². The van der Waals surface area contributed by atoms with Gasteiger partial charge >= 0.3 is 0 Å². The Hall–Kier alpha value is -2.91. The Morgan fingerprint density at radius 1 is 1.09 bits per heavy atom. The van der Waals surface area contributed by atoms with E-state index in [1.807, 2.05) is 13.8 Å². The lowest BCUT2D eigenvalue weighted by Gasteiger charge is -2.30. The van der Waals surface area contributed by atoms with Gasteiger partial charge in [-0.25, -0.2) is 12.7 Å². The number of amides is 3. The van der Waals surface area contributed by atoms with Crippen LogP contribution >= 0.6 is 11.6 Å². The molecule has 0 spiro atoms. The average Bonchev–Trinajstić information content (AvgIpc) is 3.01. The second-order valence-electron chi connectivity index (χ2n) is 8.24. The van der Waals surface area contributed by atoms with Crippen LogP contribution in [0.4, 0.5) is 0 Å². The molecule has 0 aliphatic carbocycles. The van der Waals surface area contributed by atoms with Gasteiger partial charge < -0.3 is 10.2 Å². The Kier molecular flexibility index (Phi) is 7.99. The lowest BCUT2D eigenvalue weighted by atomic mass is 10.1. The number of nitrogens with one attached hydrogen (secondary N) is 1. The topological polar surface area (TPSA) is 104 Å². The van der Waals surface area contributed by atoms with Crippen LogP contribution in [0.1, 0.15) is 49.5 Å². The third-order valence-electron chi connectivity index (χ3n) is 5.91. The molecule has 0 aromatic heterocycles. The largest absolute Gasteiger partial charge is 0.352 e. The molecule has 0 bridgehead atoms. The minimum Gasteiger partial charge on any atom is -0.352 e. The van der Waals surface area contributed by atoms with E-state index in [-0.39, 0.29) is 41.9 Å². The van der Waals surface area contributed by atoms with Gasteiger partial charge in [-0.1, -0.05) is 48.9 Å². The van der Waals surface area contributed by atoms with E-state index in [2.05, 4.69) is 5.32 Å². The van der Waals surface area contributed by atoms with Crippen LogP contribution in [-0.2, 0) is 26.2 Å². The Bertz CT molecular complexity index is 1200. The number of rotatable bonds is 9. The number of carbonyl (C=O) groups excluding carboxylic acids is 3. The van der Waals surface area contributed by atoms with Crippen molar-refractivity contribution >= 4 is 39.3 Å². The summed E-state index contributed by atoms with van der Waals surface area (Å²) in [6, 6.07) is 12.0. The third kappa shape index (κ3) is 5.26. The maximum Gasteiger partial charge on any atom is 0.269 e. The monoisotopic (exact) mass is 505 g/mol. The summed E-state index contributed by atoms with van der Waals surface area (Å²) in [6.45, 7) is 5.15. The molecule has 2 atom stereocenters. The number of carbonyl (C=O) groups is 3. The number of nitrogens with zero attached hydrogens (tertiary/aromatic N) is 2. The first-order valence-electron chi connectivity index (χ1n) is 11.1. The van der Waals surface area contributed by atoms with Gasteiger partial charge in [0.2, 0.25) is 11.8 Å². The maximum atomic E-state index is 13.3. The Labute approximate surface area is 204 Å². The molecule has 0 saturated heterocycles. The summed E-state index contributed by atoms with van der Waals surface area (Å²) >= 11 is 6.28. The second kappa shape index (κ2) is 10.6. The summed E-state index contributed by atoms with van der Waals surface area (Å²) in [4.78, 5) is 40.0. The van der Waals surface area contributed by atoms with E-state index in [4.69, 9.17) is 11.6 Å². The van der Waals surface area contributed by atoms with Crippen molar-refractivity contribution in [2.75, 3.05) is 6.54 Å². The van der Waals surface area contributed by atoms with Crippen LogP contribution in [0.5, 0.6) is 0 Å². The number of halogens is 1. The van der Waals surface area contributed by atoms with Crippen molar-refractivity contribution in [3.63, 3.8) is 0 Å². The van der Waals surface area contributed by atoms with E-state index in [1.54, 1.807) is 43.3 Å². The predicted octanol–water partition coefficient (Wildman–Crippen LogP) is 3.21. The van der Waals surface area contributed by atoms with E-state index < -0.39 is 27.9 Å². The second-order valence-corrected chi connectivity index (χ2v) is 10.5. The molecular formula is C24H28ClN3O5S. The van der Waals surface area contributed by atoms with Crippen molar-refractivity contribution in [3.8, 4) is 0 Å². The molecule has 3 rings (SSSR count).